The third kappa shape index (κ3) is 3.41. The molecule has 0 spiro atoms. The number of aryl methyl sites for hydroxylation is 1. The normalized spacial score (nSPS) is 12.6. The highest BCUT2D eigenvalue weighted by atomic mass is 19.1. The fourth-order valence-electron chi connectivity index (χ4n) is 2.26. The molecule has 102 valence electrons. The zero-order valence-electron chi connectivity index (χ0n) is 11.0. The van der Waals surface area contributed by atoms with E-state index in [9.17, 15) is 8.78 Å². The minimum atomic E-state index is -0.547. The monoisotopic (exact) mass is 265 g/mol. The van der Waals surface area contributed by atoms with Crippen molar-refractivity contribution in [3.05, 3.63) is 59.1 Å². The average Bonchev–Trinajstić information content (AvgIpc) is 2.73. The van der Waals surface area contributed by atoms with Crippen molar-refractivity contribution in [3.63, 3.8) is 0 Å². The van der Waals surface area contributed by atoms with E-state index < -0.39 is 11.6 Å². The molecule has 0 amide bonds. The molecule has 1 unspecified atom stereocenters. The van der Waals surface area contributed by atoms with Gasteiger partial charge >= 0.3 is 0 Å². The molecule has 4 heteroatoms. The summed E-state index contributed by atoms with van der Waals surface area (Å²) in [6, 6.07) is 5.49. The van der Waals surface area contributed by atoms with Crippen molar-refractivity contribution in [2.24, 2.45) is 0 Å². The van der Waals surface area contributed by atoms with Gasteiger partial charge in [0.05, 0.1) is 6.26 Å². The lowest BCUT2D eigenvalue weighted by Crippen LogP contribution is -2.23. The van der Waals surface area contributed by atoms with Crippen molar-refractivity contribution in [2.45, 2.75) is 26.3 Å². The van der Waals surface area contributed by atoms with E-state index in [1.54, 1.807) is 6.26 Å². The van der Waals surface area contributed by atoms with E-state index in [0.29, 0.717) is 12.0 Å². The molecular weight excluding hydrogens is 248 g/mol. The number of likely N-dealkylation sites (N-methyl/N-ethyl adjacent to an activating group) is 1. The molecule has 0 fully saturated rings. The van der Waals surface area contributed by atoms with E-state index in [-0.39, 0.29) is 6.04 Å². The molecule has 0 saturated heterocycles. The van der Waals surface area contributed by atoms with Gasteiger partial charge in [0.25, 0.3) is 0 Å². The maximum atomic E-state index is 13.2. The summed E-state index contributed by atoms with van der Waals surface area (Å²) in [4.78, 5) is 0. The van der Waals surface area contributed by atoms with E-state index in [1.165, 1.54) is 12.1 Å². The fourth-order valence-corrected chi connectivity index (χ4v) is 2.26. The van der Waals surface area contributed by atoms with Crippen LogP contribution in [0.1, 0.15) is 29.9 Å². The van der Waals surface area contributed by atoms with Crippen LogP contribution in [0.5, 0.6) is 0 Å². The Labute approximate surface area is 111 Å². The van der Waals surface area contributed by atoms with Gasteiger partial charge in [-0.15, -0.1) is 0 Å². The Morgan fingerprint density at radius 1 is 1.21 bits per heavy atom. The lowest BCUT2D eigenvalue weighted by molar-refractivity contribution is 0.499. The van der Waals surface area contributed by atoms with Crippen LogP contribution in [0, 0.1) is 18.6 Å². The summed E-state index contributed by atoms with van der Waals surface area (Å²) < 4.78 is 31.7. The second kappa shape index (κ2) is 5.97. The number of rotatable bonds is 5. The van der Waals surface area contributed by atoms with E-state index in [2.05, 4.69) is 5.32 Å². The first-order chi connectivity index (χ1) is 9.10. The molecule has 1 aromatic heterocycles. The Bertz CT molecular complexity index is 531. The quantitative estimate of drug-likeness (QED) is 0.890. The first kappa shape index (κ1) is 13.7. The Kier molecular flexibility index (Phi) is 4.32. The van der Waals surface area contributed by atoms with Gasteiger partial charge in [-0.25, -0.2) is 8.78 Å². The second-order valence-corrected chi connectivity index (χ2v) is 4.52. The van der Waals surface area contributed by atoms with Crippen LogP contribution in [0.3, 0.4) is 0 Å². The second-order valence-electron chi connectivity index (χ2n) is 4.52. The minimum absolute atomic E-state index is 0.00931. The Balaban J connectivity index is 2.23. The molecule has 1 atom stereocenters. The number of furan rings is 1. The highest BCUT2D eigenvalue weighted by Crippen LogP contribution is 2.23. The van der Waals surface area contributed by atoms with Crippen molar-refractivity contribution < 1.29 is 13.2 Å². The standard InChI is InChI=1S/C15H17F2NO/c1-3-18-15(14-4-5-19-10(14)2)8-11-6-12(16)9-13(17)7-11/h4-7,9,15,18H,3,8H2,1-2H3. The van der Waals surface area contributed by atoms with Crippen LogP contribution in [0.15, 0.2) is 34.9 Å². The van der Waals surface area contributed by atoms with Crippen LogP contribution in [0.2, 0.25) is 0 Å². The number of halogens is 2. The average molecular weight is 265 g/mol. The maximum Gasteiger partial charge on any atom is 0.126 e. The molecule has 0 aliphatic heterocycles. The fraction of sp³-hybridized carbons (Fsp3) is 0.333. The number of hydrogen-bond acceptors (Lipinski definition) is 2. The largest absolute Gasteiger partial charge is 0.469 e. The number of hydrogen-bond donors (Lipinski definition) is 1. The van der Waals surface area contributed by atoms with Gasteiger partial charge in [0.1, 0.15) is 17.4 Å². The lowest BCUT2D eigenvalue weighted by Gasteiger charge is -2.17. The van der Waals surface area contributed by atoms with Crippen LogP contribution in [0.4, 0.5) is 8.78 Å². The molecule has 0 saturated carbocycles. The Morgan fingerprint density at radius 2 is 1.89 bits per heavy atom. The molecule has 2 rings (SSSR count). The van der Waals surface area contributed by atoms with Crippen LogP contribution in [-0.2, 0) is 6.42 Å². The Morgan fingerprint density at radius 3 is 2.42 bits per heavy atom. The van der Waals surface area contributed by atoms with E-state index in [1.807, 2.05) is 19.9 Å². The van der Waals surface area contributed by atoms with Crippen LogP contribution in [0.25, 0.3) is 0 Å². The zero-order chi connectivity index (χ0) is 13.8. The minimum Gasteiger partial charge on any atom is -0.469 e. The van der Waals surface area contributed by atoms with Crippen molar-refractivity contribution in [1.82, 2.24) is 5.32 Å². The lowest BCUT2D eigenvalue weighted by atomic mass is 9.99. The molecule has 19 heavy (non-hydrogen) atoms. The SMILES string of the molecule is CCNC(Cc1cc(F)cc(F)c1)c1ccoc1C. The van der Waals surface area contributed by atoms with Gasteiger partial charge in [-0.1, -0.05) is 6.92 Å². The molecular formula is C15H17F2NO. The predicted octanol–water partition coefficient (Wildman–Crippen LogP) is 3.76. The van der Waals surface area contributed by atoms with Gasteiger partial charge < -0.3 is 9.73 Å². The third-order valence-corrected chi connectivity index (χ3v) is 3.09. The molecule has 1 N–H and O–H groups in total. The van der Waals surface area contributed by atoms with Gasteiger partial charge in [-0.2, -0.15) is 0 Å². The van der Waals surface area contributed by atoms with E-state index in [4.69, 9.17) is 4.42 Å². The number of nitrogens with one attached hydrogen (secondary N) is 1. The summed E-state index contributed by atoms with van der Waals surface area (Å²) in [6.07, 6.45) is 2.14. The highest BCUT2D eigenvalue weighted by Gasteiger charge is 2.16. The van der Waals surface area contributed by atoms with Crippen molar-refractivity contribution in [3.8, 4) is 0 Å². The van der Waals surface area contributed by atoms with Crippen LogP contribution in [-0.4, -0.2) is 6.54 Å². The molecule has 1 heterocycles. The molecule has 0 radical (unpaired) electrons. The van der Waals surface area contributed by atoms with Crippen molar-refractivity contribution in [2.75, 3.05) is 6.54 Å². The van der Waals surface area contributed by atoms with E-state index >= 15 is 0 Å². The summed E-state index contributed by atoms with van der Waals surface area (Å²) in [7, 11) is 0. The summed E-state index contributed by atoms with van der Waals surface area (Å²) in [5.74, 6) is -0.272. The topological polar surface area (TPSA) is 25.2 Å². The van der Waals surface area contributed by atoms with Gasteiger partial charge in [0, 0.05) is 17.7 Å². The highest BCUT2D eigenvalue weighted by molar-refractivity contribution is 5.25. The Hall–Kier alpha value is -1.68. The summed E-state index contributed by atoms with van der Waals surface area (Å²) in [6.45, 7) is 4.65. The molecule has 2 nitrogen and oxygen atoms in total. The third-order valence-electron chi connectivity index (χ3n) is 3.09. The molecule has 0 aliphatic carbocycles. The number of benzene rings is 1. The van der Waals surface area contributed by atoms with Gasteiger partial charge in [0.15, 0.2) is 0 Å². The summed E-state index contributed by atoms with van der Waals surface area (Å²) >= 11 is 0. The summed E-state index contributed by atoms with van der Waals surface area (Å²) in [5, 5.41) is 3.31. The molecule has 2 aromatic rings. The van der Waals surface area contributed by atoms with Gasteiger partial charge in [-0.05, 0) is 43.7 Å². The first-order valence-corrected chi connectivity index (χ1v) is 6.32. The smallest absolute Gasteiger partial charge is 0.126 e. The van der Waals surface area contributed by atoms with Crippen LogP contribution < -0.4 is 5.32 Å². The zero-order valence-corrected chi connectivity index (χ0v) is 11.0. The summed E-state index contributed by atoms with van der Waals surface area (Å²) in [5.41, 5.74) is 1.65. The van der Waals surface area contributed by atoms with Gasteiger partial charge in [-0.3, -0.25) is 0 Å². The maximum absolute atomic E-state index is 13.2. The predicted molar refractivity (Wildman–Crippen MR) is 69.9 cm³/mol. The van der Waals surface area contributed by atoms with Gasteiger partial charge in [0.2, 0.25) is 0 Å². The van der Waals surface area contributed by atoms with E-state index in [0.717, 1.165) is 23.9 Å². The van der Waals surface area contributed by atoms with Crippen molar-refractivity contribution in [1.29, 1.82) is 0 Å². The first-order valence-electron chi connectivity index (χ1n) is 6.32. The molecule has 0 bridgehead atoms. The molecule has 1 aromatic carbocycles. The molecule has 0 aliphatic rings. The van der Waals surface area contributed by atoms with Crippen LogP contribution >= 0.6 is 0 Å². The van der Waals surface area contributed by atoms with Crippen molar-refractivity contribution >= 4 is 0 Å².